The molecule has 0 radical (unpaired) electrons. The van der Waals surface area contributed by atoms with Crippen LogP contribution in [-0.2, 0) is 20.9 Å². The third kappa shape index (κ3) is 7.46. The number of pyridine rings is 1. The fraction of sp³-hybridized carbons (Fsp3) is 0.366. The van der Waals surface area contributed by atoms with Crippen LogP contribution in [0.25, 0.3) is 22.2 Å². The molecule has 2 amide bonds. The van der Waals surface area contributed by atoms with Crippen LogP contribution in [0.15, 0.2) is 97.1 Å². The molecule has 0 bridgehead atoms. The normalized spacial score (nSPS) is 25.9. The fourth-order valence-electron chi connectivity index (χ4n) is 7.38. The Morgan fingerprint density at radius 1 is 1.02 bits per heavy atom. The second-order valence-corrected chi connectivity index (χ2v) is 13.8. The first kappa shape index (κ1) is 34.2. The van der Waals surface area contributed by atoms with Crippen LogP contribution < -0.4 is 20.1 Å². The predicted octanol–water partition coefficient (Wildman–Crippen LogP) is 5.90. The van der Waals surface area contributed by atoms with Gasteiger partial charge in [-0.1, -0.05) is 85.7 Å². The zero-order valence-corrected chi connectivity index (χ0v) is 28.8. The van der Waals surface area contributed by atoms with Crippen LogP contribution in [0.2, 0.25) is 0 Å². The first-order chi connectivity index (χ1) is 24.8. The number of methoxy groups -OCH3 is 1. The zero-order valence-electron chi connectivity index (χ0n) is 28.8. The number of carboxylic acids is 1. The number of carbonyl (C=O) groups excluding carboxylic acids is 2. The number of aromatic nitrogens is 1. The lowest BCUT2D eigenvalue weighted by Crippen LogP contribution is -2.55. The second-order valence-electron chi connectivity index (χ2n) is 13.8. The summed E-state index contributed by atoms with van der Waals surface area (Å²) in [6.45, 7) is 0.674. The minimum absolute atomic E-state index is 0.171. The van der Waals surface area contributed by atoms with Gasteiger partial charge in [0.15, 0.2) is 0 Å². The Morgan fingerprint density at radius 3 is 2.57 bits per heavy atom. The second kappa shape index (κ2) is 14.9. The molecule has 10 heteroatoms. The summed E-state index contributed by atoms with van der Waals surface area (Å²) in [7, 11) is 1.61. The molecule has 7 rings (SSSR count). The van der Waals surface area contributed by atoms with Crippen molar-refractivity contribution in [2.75, 3.05) is 13.7 Å². The third-order valence-corrected chi connectivity index (χ3v) is 10.4. The highest BCUT2D eigenvalue weighted by Crippen LogP contribution is 2.45. The van der Waals surface area contributed by atoms with Crippen molar-refractivity contribution < 1.29 is 29.0 Å². The van der Waals surface area contributed by atoms with Crippen molar-refractivity contribution >= 4 is 28.7 Å². The molecule has 2 aliphatic heterocycles. The highest BCUT2D eigenvalue weighted by Gasteiger charge is 2.61. The van der Waals surface area contributed by atoms with Crippen molar-refractivity contribution in [2.45, 2.75) is 75.2 Å². The van der Waals surface area contributed by atoms with Crippen LogP contribution in [0.5, 0.6) is 11.5 Å². The van der Waals surface area contributed by atoms with Gasteiger partial charge in [-0.15, -0.1) is 0 Å². The molecule has 51 heavy (non-hydrogen) atoms. The number of hydrogen-bond acceptors (Lipinski definition) is 7. The number of fused-ring (bicyclic) bond motifs is 3. The molecule has 3 aromatic carbocycles. The molecule has 3 heterocycles. The van der Waals surface area contributed by atoms with E-state index in [1.165, 1.54) is 0 Å². The standard InChI is InChI=1S/C41H44N4O6/c1-50-30-19-20-32-35(21-30)43-34(28-15-9-6-10-16-28)23-37(32)51-31-22-36-38(46)44-41(40(48)49)24-29(41)17-11-3-2-4-12-18-33(39(47)45(36)26-31)42-25-27-13-7-5-8-14-27/h5-11,13-17,19-21,23,29,31,33,36,42H,2-4,12,18,22,24-26H2,1H3,(H,44,46)(H,48,49)/b17-11-/t29-,31+,33-,36-,41+/m0/s1. The van der Waals surface area contributed by atoms with E-state index in [9.17, 15) is 19.5 Å². The van der Waals surface area contributed by atoms with Crippen LogP contribution in [0, 0.1) is 5.92 Å². The van der Waals surface area contributed by atoms with Gasteiger partial charge in [-0.3, -0.25) is 9.59 Å². The van der Waals surface area contributed by atoms with Gasteiger partial charge in [0.05, 0.1) is 30.9 Å². The van der Waals surface area contributed by atoms with E-state index in [4.69, 9.17) is 14.5 Å². The molecule has 2 fully saturated rings. The first-order valence-electron chi connectivity index (χ1n) is 17.9. The lowest BCUT2D eigenvalue weighted by Gasteiger charge is -2.29. The average Bonchev–Trinajstić information content (AvgIpc) is 3.69. The molecule has 264 valence electrons. The van der Waals surface area contributed by atoms with Gasteiger partial charge < -0.3 is 30.1 Å². The molecule has 5 atom stereocenters. The maximum Gasteiger partial charge on any atom is 0.330 e. The smallest absolute Gasteiger partial charge is 0.330 e. The maximum absolute atomic E-state index is 14.5. The number of ether oxygens (including phenoxy) is 2. The number of aliphatic carboxylic acids is 1. The first-order valence-corrected chi connectivity index (χ1v) is 17.9. The highest BCUT2D eigenvalue weighted by atomic mass is 16.5. The Balaban J connectivity index is 1.21. The quantitative estimate of drug-likeness (QED) is 0.195. The minimum Gasteiger partial charge on any atom is -0.497 e. The van der Waals surface area contributed by atoms with Gasteiger partial charge in [0.25, 0.3) is 0 Å². The summed E-state index contributed by atoms with van der Waals surface area (Å²) in [5, 5.41) is 17.4. The highest BCUT2D eigenvalue weighted by molar-refractivity contribution is 5.96. The maximum atomic E-state index is 14.5. The van der Waals surface area contributed by atoms with Crippen molar-refractivity contribution in [3.63, 3.8) is 0 Å². The van der Waals surface area contributed by atoms with Crippen LogP contribution >= 0.6 is 0 Å². The molecule has 1 saturated carbocycles. The van der Waals surface area contributed by atoms with Gasteiger partial charge in [-0.25, -0.2) is 9.78 Å². The van der Waals surface area contributed by atoms with E-state index < -0.39 is 35.6 Å². The summed E-state index contributed by atoms with van der Waals surface area (Å²) in [6, 6.07) is 25.8. The molecule has 3 N–H and O–H groups in total. The number of allylic oxidation sites excluding steroid dienone is 1. The van der Waals surface area contributed by atoms with Gasteiger partial charge in [-0.05, 0) is 43.4 Å². The number of benzene rings is 3. The van der Waals surface area contributed by atoms with E-state index in [0.29, 0.717) is 36.4 Å². The van der Waals surface area contributed by atoms with E-state index in [1.807, 2.05) is 97.1 Å². The van der Waals surface area contributed by atoms with Crippen LogP contribution in [0.1, 0.15) is 50.5 Å². The molecule has 0 spiro atoms. The lowest BCUT2D eigenvalue weighted by molar-refractivity contribution is -0.145. The summed E-state index contributed by atoms with van der Waals surface area (Å²) >= 11 is 0. The molecule has 0 unspecified atom stereocenters. The average molecular weight is 689 g/mol. The number of hydrogen-bond donors (Lipinski definition) is 3. The molecule has 10 nitrogen and oxygen atoms in total. The Hall–Kier alpha value is -5.22. The van der Waals surface area contributed by atoms with Crippen molar-refractivity contribution in [3.05, 3.63) is 103 Å². The van der Waals surface area contributed by atoms with Gasteiger partial charge >= 0.3 is 5.97 Å². The Morgan fingerprint density at radius 2 is 1.80 bits per heavy atom. The van der Waals surface area contributed by atoms with E-state index in [2.05, 4.69) is 10.6 Å². The summed E-state index contributed by atoms with van der Waals surface area (Å²) in [6.07, 6.45) is 8.11. The van der Waals surface area contributed by atoms with Gasteiger partial charge in [0.2, 0.25) is 11.8 Å². The van der Waals surface area contributed by atoms with Gasteiger partial charge in [-0.2, -0.15) is 0 Å². The Kier molecular flexibility index (Phi) is 10.0. The SMILES string of the molecule is COc1ccc2c(O[C@@H]3C[C@H]4C(=O)N[C@]5(C(=O)O)C[C@@H]5/C=C\CCCCC[C@H](NCc5ccccc5)C(=O)N4C3)cc(-c3ccccc3)nc2c1. The Bertz CT molecular complexity index is 1920. The summed E-state index contributed by atoms with van der Waals surface area (Å²) in [4.78, 5) is 47.7. The molecule has 1 saturated heterocycles. The number of carbonyl (C=O) groups is 3. The molecule has 4 aromatic rings. The molecular weight excluding hydrogens is 644 g/mol. The summed E-state index contributed by atoms with van der Waals surface area (Å²) < 4.78 is 12.2. The Labute approximate surface area is 297 Å². The van der Waals surface area contributed by atoms with E-state index in [0.717, 1.165) is 47.9 Å². The third-order valence-electron chi connectivity index (χ3n) is 10.4. The number of rotatable bonds is 8. The number of amides is 2. The van der Waals surface area contributed by atoms with Crippen molar-refractivity contribution in [1.82, 2.24) is 20.5 Å². The van der Waals surface area contributed by atoms with E-state index in [1.54, 1.807) is 12.0 Å². The largest absolute Gasteiger partial charge is 0.497 e. The van der Waals surface area contributed by atoms with E-state index in [-0.39, 0.29) is 24.8 Å². The number of nitrogens with one attached hydrogen (secondary N) is 2. The minimum atomic E-state index is -1.38. The number of nitrogens with zero attached hydrogens (tertiary/aromatic N) is 2. The van der Waals surface area contributed by atoms with Gasteiger partial charge in [0.1, 0.15) is 29.2 Å². The molecule has 1 aromatic heterocycles. The van der Waals surface area contributed by atoms with E-state index >= 15 is 0 Å². The monoisotopic (exact) mass is 688 g/mol. The van der Waals surface area contributed by atoms with Crippen molar-refractivity contribution in [3.8, 4) is 22.8 Å². The van der Waals surface area contributed by atoms with Crippen LogP contribution in [0.3, 0.4) is 0 Å². The summed E-state index contributed by atoms with van der Waals surface area (Å²) in [5.41, 5.74) is 2.00. The molecule has 3 aliphatic rings. The van der Waals surface area contributed by atoms with Crippen molar-refractivity contribution in [1.29, 1.82) is 0 Å². The van der Waals surface area contributed by atoms with Crippen LogP contribution in [-0.4, -0.2) is 70.2 Å². The molecular formula is C41H44N4O6. The lowest BCUT2D eigenvalue weighted by atomic mass is 10.0. The van der Waals surface area contributed by atoms with Crippen molar-refractivity contribution in [2.24, 2.45) is 5.92 Å². The predicted molar refractivity (Wildman–Crippen MR) is 194 cm³/mol. The zero-order chi connectivity index (χ0) is 35.4. The number of carboxylic acid groups (broad SMARTS) is 1. The van der Waals surface area contributed by atoms with Gasteiger partial charge in [0, 0.05) is 42.0 Å². The summed E-state index contributed by atoms with van der Waals surface area (Å²) in [5.74, 6) is -0.772. The fourth-order valence-corrected chi connectivity index (χ4v) is 7.38. The van der Waals surface area contributed by atoms with Crippen LogP contribution in [0.4, 0.5) is 0 Å². The molecule has 1 aliphatic carbocycles. The topological polar surface area (TPSA) is 130 Å².